The first kappa shape index (κ1) is 4.84. The van der Waals surface area contributed by atoms with Crippen LogP contribution in [0.3, 0.4) is 0 Å². The second-order valence-electron chi connectivity index (χ2n) is 0.393. The predicted octanol–water partition coefficient (Wildman–Crippen LogP) is -0.0608. The van der Waals surface area contributed by atoms with E-state index in [4.69, 9.17) is 14.7 Å². The van der Waals surface area contributed by atoms with Crippen molar-refractivity contribution < 1.29 is 25.3 Å². The second-order valence-corrected chi connectivity index (χ2v) is 3.22. The van der Waals surface area contributed by atoms with Gasteiger partial charge in [-0.3, -0.25) is 0 Å². The van der Waals surface area contributed by atoms with E-state index in [2.05, 4.69) is 0 Å². The van der Waals surface area contributed by atoms with Crippen LogP contribution in [0.25, 0.3) is 0 Å². The maximum atomic E-state index is 8.85. The fourth-order valence-corrected chi connectivity index (χ4v) is 0. The van der Waals surface area contributed by atoms with Crippen molar-refractivity contribution in [1.29, 1.82) is 4.06 Å². The molecule has 0 amide bonds. The predicted molar refractivity (Wildman–Crippen MR) is 4.78 cm³/mol. The summed E-state index contributed by atoms with van der Waals surface area (Å²) in [5.41, 5.74) is 0. The van der Waals surface area contributed by atoms with E-state index in [0.29, 0.717) is 0 Å². The molecule has 0 saturated heterocycles. The van der Waals surface area contributed by atoms with Crippen LogP contribution in [0.4, 0.5) is 0 Å². The van der Waals surface area contributed by atoms with Crippen LogP contribution < -0.4 is 0 Å². The second kappa shape index (κ2) is 0.906. The van der Waals surface area contributed by atoms with Crippen LogP contribution in [-0.2, 0) is 25.3 Å². The zero-order valence-corrected chi connectivity index (χ0v) is 4.62. The summed E-state index contributed by atoms with van der Waals surface area (Å²) in [7, 11) is 0. The van der Waals surface area contributed by atoms with Crippen LogP contribution >= 0.6 is 0 Å². The van der Waals surface area contributed by atoms with Crippen LogP contribution in [0, 0.1) is 4.06 Å². The minimum atomic E-state index is -5.56. The monoisotopic (exact) mass is 255 g/mol. The summed E-state index contributed by atoms with van der Waals surface area (Å²) in [5, 5.41) is 0. The van der Waals surface area contributed by atoms with E-state index in [1.807, 2.05) is 0 Å². The van der Waals surface area contributed by atoms with Gasteiger partial charge < -0.3 is 0 Å². The molecule has 1 N–H and O–H groups in total. The molecule has 0 aromatic carbocycles. The van der Waals surface area contributed by atoms with Crippen LogP contribution in [-0.4, -0.2) is 0 Å². The van der Waals surface area contributed by atoms with Crippen molar-refractivity contribution in [2.45, 2.75) is 0 Å². The molecule has 0 rings (SSSR count). The number of nitrogens with one attached hydrogen (secondary N) is 1. The van der Waals surface area contributed by atoms with Gasteiger partial charge >= 0.3 is 29.4 Å². The Morgan fingerprint density at radius 2 is 1.20 bits per heavy atom. The van der Waals surface area contributed by atoms with Gasteiger partial charge in [0.2, 0.25) is 0 Å². The molecule has 5 heteroatoms. The molecular formula is HNO3Os. The summed E-state index contributed by atoms with van der Waals surface area (Å²) in [6, 6.07) is 0. The van der Waals surface area contributed by atoms with Crippen molar-refractivity contribution in [3.63, 3.8) is 0 Å². The van der Waals surface area contributed by atoms with Crippen LogP contribution in [0.5, 0.6) is 0 Å². The zero-order valence-electron chi connectivity index (χ0n) is 2.08. The molecule has 0 heterocycles. The molecule has 0 radical (unpaired) electrons. The first-order chi connectivity index (χ1) is 2.00. The first-order valence-electron chi connectivity index (χ1n) is 0.610. The van der Waals surface area contributed by atoms with Gasteiger partial charge in [-0.15, -0.1) is 0 Å². The first-order valence-corrected chi connectivity index (χ1v) is 4.99. The van der Waals surface area contributed by atoms with E-state index in [1.54, 1.807) is 0 Å². The van der Waals surface area contributed by atoms with Crippen molar-refractivity contribution in [3.05, 3.63) is 0 Å². The summed E-state index contributed by atoms with van der Waals surface area (Å²) in [4.78, 5) is 0. The minimum absolute atomic E-state index is 5.47. The fourth-order valence-electron chi connectivity index (χ4n) is 0. The molecule has 0 aliphatic rings. The van der Waals surface area contributed by atoms with E-state index in [1.165, 1.54) is 0 Å². The van der Waals surface area contributed by atoms with Crippen LogP contribution in [0.2, 0.25) is 0 Å². The van der Waals surface area contributed by atoms with Gasteiger partial charge in [0.05, 0.1) is 0 Å². The molecule has 0 aliphatic heterocycles. The van der Waals surface area contributed by atoms with E-state index in [-0.39, 0.29) is 0 Å². The molecule has 5 heavy (non-hydrogen) atoms. The third-order valence-electron chi connectivity index (χ3n) is 0. The average Bonchev–Trinajstić information content (AvgIpc) is 0.722. The van der Waals surface area contributed by atoms with Crippen molar-refractivity contribution in [1.82, 2.24) is 0 Å². The SMILES string of the molecule is [NH]=[Os](=[O])(=[O])=[O]. The Morgan fingerprint density at radius 3 is 1.20 bits per heavy atom. The molecule has 4 nitrogen and oxygen atoms in total. The Hall–Kier alpha value is -0.164. The fraction of sp³-hybridized carbons (Fsp3) is 0. The standard InChI is InChI=1S/HN.3O.Os/h1H;;;;. The van der Waals surface area contributed by atoms with E-state index in [0.717, 1.165) is 0 Å². The Labute approximate surface area is 30.1 Å². The van der Waals surface area contributed by atoms with Crippen molar-refractivity contribution in [2.75, 3.05) is 0 Å². The molecule has 0 unspecified atom stereocenters. The molecule has 0 fully saturated rings. The molecule has 0 atom stereocenters. The summed E-state index contributed by atoms with van der Waals surface area (Å²) in [6.07, 6.45) is 0. The number of hydrogen-bond acceptors (Lipinski definition) is 4. The van der Waals surface area contributed by atoms with Crippen molar-refractivity contribution in [3.8, 4) is 0 Å². The van der Waals surface area contributed by atoms with Gasteiger partial charge in [-0.2, -0.15) is 0 Å². The van der Waals surface area contributed by atoms with E-state index >= 15 is 0 Å². The Kier molecular flexibility index (Phi) is 0.876. The maximum absolute atomic E-state index is 8.85. The van der Waals surface area contributed by atoms with Gasteiger partial charge in [0.1, 0.15) is 0 Å². The van der Waals surface area contributed by atoms with Crippen molar-refractivity contribution >= 4 is 0 Å². The van der Waals surface area contributed by atoms with Gasteiger partial charge in [-0.05, 0) is 0 Å². The van der Waals surface area contributed by atoms with Gasteiger partial charge in [0.25, 0.3) is 0 Å². The van der Waals surface area contributed by atoms with Gasteiger partial charge in [-0.1, -0.05) is 0 Å². The van der Waals surface area contributed by atoms with E-state index in [9.17, 15) is 0 Å². The quantitative estimate of drug-likeness (QED) is 0.657. The molecule has 0 aromatic rings. The molecule has 0 spiro atoms. The van der Waals surface area contributed by atoms with Gasteiger partial charge in [0, 0.05) is 0 Å². The zero-order chi connectivity index (χ0) is 4.50. The third-order valence-corrected chi connectivity index (χ3v) is 0. The number of hydrogen-bond donors (Lipinski definition) is 1. The molecule has 0 aromatic heterocycles. The van der Waals surface area contributed by atoms with Gasteiger partial charge in [-0.25, -0.2) is 0 Å². The van der Waals surface area contributed by atoms with Gasteiger partial charge in [0.15, 0.2) is 0 Å². The Bertz CT molecular complexity index is 158. The van der Waals surface area contributed by atoms with Crippen LogP contribution in [0.15, 0.2) is 0 Å². The molecule has 32 valence electrons. The van der Waals surface area contributed by atoms with Crippen molar-refractivity contribution in [2.24, 2.45) is 0 Å². The molecule has 0 saturated carbocycles. The molecule has 0 bridgehead atoms. The molecular weight excluding hydrogens is 252 g/mol. The topological polar surface area (TPSA) is 75.1 Å². The Morgan fingerprint density at radius 1 is 1.20 bits per heavy atom. The average molecular weight is 253 g/mol. The molecule has 0 aliphatic carbocycles. The summed E-state index contributed by atoms with van der Waals surface area (Å²) in [5.74, 6) is 0. The summed E-state index contributed by atoms with van der Waals surface area (Å²) in [6.45, 7) is 0. The van der Waals surface area contributed by atoms with Crippen LogP contribution in [0.1, 0.15) is 0 Å². The normalized spacial score (nSPS) is 11.2. The third kappa shape index (κ3) is 483. The number of rotatable bonds is 0. The summed E-state index contributed by atoms with van der Waals surface area (Å²) >= 11 is -5.56. The van der Waals surface area contributed by atoms with E-state index < -0.39 is 14.7 Å². The summed E-state index contributed by atoms with van der Waals surface area (Å²) < 4.78 is 32.0. The Balaban J connectivity index is 6.05.